The van der Waals surface area contributed by atoms with E-state index in [-0.39, 0.29) is 6.42 Å². The average Bonchev–Trinajstić information content (AvgIpc) is 3.09. The molecule has 17 heavy (non-hydrogen) atoms. The van der Waals surface area contributed by atoms with E-state index < -0.39 is 12.2 Å². The van der Waals surface area contributed by atoms with E-state index in [9.17, 15) is 13.2 Å². The summed E-state index contributed by atoms with van der Waals surface area (Å²) >= 11 is 0. The van der Waals surface area contributed by atoms with Crippen molar-refractivity contribution in [3.63, 3.8) is 0 Å². The molecule has 1 aromatic carbocycles. The number of nitrogens with two attached hydrogens (primary N) is 1. The van der Waals surface area contributed by atoms with Gasteiger partial charge in [-0.1, -0.05) is 24.3 Å². The summed E-state index contributed by atoms with van der Waals surface area (Å²) in [5.41, 5.74) is 7.29. The predicted molar refractivity (Wildman–Crippen MR) is 60.8 cm³/mol. The lowest BCUT2D eigenvalue weighted by Gasteiger charge is -2.15. The molecule has 1 aliphatic carbocycles. The van der Waals surface area contributed by atoms with Crippen molar-refractivity contribution in [2.45, 2.75) is 43.8 Å². The minimum absolute atomic E-state index is 0.0493. The summed E-state index contributed by atoms with van der Waals surface area (Å²) in [6.45, 7) is 0. The fourth-order valence-electron chi connectivity index (χ4n) is 1.86. The number of aryl methyl sites for hydroxylation is 1. The fourth-order valence-corrected chi connectivity index (χ4v) is 1.86. The molecule has 0 aromatic heterocycles. The molecular weight excluding hydrogens is 227 g/mol. The minimum atomic E-state index is -4.28. The van der Waals surface area contributed by atoms with Gasteiger partial charge in [0.05, 0.1) is 0 Å². The van der Waals surface area contributed by atoms with Gasteiger partial charge < -0.3 is 5.73 Å². The van der Waals surface area contributed by atoms with Crippen molar-refractivity contribution in [2.24, 2.45) is 5.73 Å². The first kappa shape index (κ1) is 12.4. The van der Waals surface area contributed by atoms with Crippen LogP contribution in [0.2, 0.25) is 0 Å². The average molecular weight is 243 g/mol. The van der Waals surface area contributed by atoms with Gasteiger partial charge in [-0.15, -0.1) is 0 Å². The highest BCUT2D eigenvalue weighted by molar-refractivity contribution is 5.28. The molecule has 0 heterocycles. The molecule has 1 aliphatic rings. The van der Waals surface area contributed by atoms with Gasteiger partial charge >= 0.3 is 6.18 Å². The summed E-state index contributed by atoms with van der Waals surface area (Å²) in [6, 6.07) is 6.15. The summed E-state index contributed by atoms with van der Waals surface area (Å²) in [6.07, 6.45) is -1.48. The Bertz CT molecular complexity index is 365. The summed E-state index contributed by atoms with van der Waals surface area (Å²) in [4.78, 5) is 0. The molecule has 0 saturated heterocycles. The van der Waals surface area contributed by atoms with E-state index in [1.807, 2.05) is 24.3 Å². The maximum atomic E-state index is 12.2. The lowest BCUT2D eigenvalue weighted by Crippen LogP contribution is -2.37. The van der Waals surface area contributed by atoms with Crippen molar-refractivity contribution < 1.29 is 13.2 Å². The van der Waals surface area contributed by atoms with Crippen LogP contribution < -0.4 is 5.73 Å². The topological polar surface area (TPSA) is 26.0 Å². The van der Waals surface area contributed by atoms with Gasteiger partial charge in [0.1, 0.15) is 6.04 Å². The second kappa shape index (κ2) is 4.69. The highest BCUT2D eigenvalue weighted by Gasteiger charge is 2.35. The zero-order chi connectivity index (χ0) is 12.5. The summed E-state index contributed by atoms with van der Waals surface area (Å²) in [5, 5.41) is 0. The summed E-state index contributed by atoms with van der Waals surface area (Å²) < 4.78 is 36.6. The molecule has 2 N–H and O–H groups in total. The third kappa shape index (κ3) is 3.46. The highest BCUT2D eigenvalue weighted by Crippen LogP contribution is 2.39. The number of benzene rings is 1. The number of hydrogen-bond donors (Lipinski definition) is 1. The lowest BCUT2D eigenvalue weighted by molar-refractivity contribution is -0.148. The molecule has 1 unspecified atom stereocenters. The number of alkyl halides is 3. The molecule has 1 nitrogen and oxygen atoms in total. The van der Waals surface area contributed by atoms with Gasteiger partial charge in [-0.2, -0.15) is 13.2 Å². The largest absolute Gasteiger partial charge is 0.403 e. The summed E-state index contributed by atoms with van der Waals surface area (Å²) in [5.74, 6) is 0.682. The highest BCUT2D eigenvalue weighted by atomic mass is 19.4. The monoisotopic (exact) mass is 243 g/mol. The molecule has 1 atom stereocenters. The van der Waals surface area contributed by atoms with Crippen LogP contribution in [0.5, 0.6) is 0 Å². The summed E-state index contributed by atoms with van der Waals surface area (Å²) in [7, 11) is 0. The number of rotatable bonds is 4. The van der Waals surface area contributed by atoms with E-state index in [1.54, 1.807) is 0 Å². The van der Waals surface area contributed by atoms with Crippen LogP contribution in [0.25, 0.3) is 0 Å². The molecule has 94 valence electrons. The first-order chi connectivity index (χ1) is 7.97. The molecule has 4 heteroatoms. The van der Waals surface area contributed by atoms with Crippen LogP contribution in [-0.2, 0) is 6.42 Å². The van der Waals surface area contributed by atoms with Crippen LogP contribution >= 0.6 is 0 Å². The molecular formula is C13H16F3N. The van der Waals surface area contributed by atoms with Crippen LogP contribution in [-0.4, -0.2) is 12.2 Å². The van der Waals surface area contributed by atoms with Crippen LogP contribution in [0.4, 0.5) is 13.2 Å². The molecule has 1 fully saturated rings. The maximum Gasteiger partial charge on any atom is 0.403 e. The first-order valence-corrected chi connectivity index (χ1v) is 5.88. The molecule has 0 radical (unpaired) electrons. The van der Waals surface area contributed by atoms with Crippen molar-refractivity contribution in [3.8, 4) is 0 Å². The van der Waals surface area contributed by atoms with Crippen LogP contribution in [0.3, 0.4) is 0 Å². The van der Waals surface area contributed by atoms with Crippen molar-refractivity contribution in [2.75, 3.05) is 0 Å². The molecule has 0 bridgehead atoms. The molecule has 2 rings (SSSR count). The molecule has 0 spiro atoms. The van der Waals surface area contributed by atoms with Gasteiger partial charge in [-0.05, 0) is 42.7 Å². The Morgan fingerprint density at radius 1 is 1.18 bits per heavy atom. The molecule has 0 amide bonds. The molecule has 1 aromatic rings. The van der Waals surface area contributed by atoms with E-state index in [2.05, 4.69) is 0 Å². The van der Waals surface area contributed by atoms with E-state index in [4.69, 9.17) is 5.73 Å². The van der Waals surface area contributed by atoms with Gasteiger partial charge in [-0.3, -0.25) is 0 Å². The predicted octanol–water partition coefficient (Wildman–Crippen LogP) is 3.39. The molecule has 1 saturated carbocycles. The van der Waals surface area contributed by atoms with E-state index in [0.717, 1.165) is 5.56 Å². The third-order valence-corrected chi connectivity index (χ3v) is 3.19. The SMILES string of the molecule is NC(CCc1ccc(C2CC2)cc1)C(F)(F)F. The Kier molecular flexibility index (Phi) is 3.43. The molecule has 0 aliphatic heterocycles. The van der Waals surface area contributed by atoms with Crippen molar-refractivity contribution in [1.82, 2.24) is 0 Å². The Hall–Kier alpha value is -1.03. The van der Waals surface area contributed by atoms with E-state index in [1.165, 1.54) is 18.4 Å². The van der Waals surface area contributed by atoms with Crippen molar-refractivity contribution >= 4 is 0 Å². The van der Waals surface area contributed by atoms with Crippen molar-refractivity contribution in [1.29, 1.82) is 0 Å². The minimum Gasteiger partial charge on any atom is -0.320 e. The smallest absolute Gasteiger partial charge is 0.320 e. The van der Waals surface area contributed by atoms with Crippen LogP contribution in [0.15, 0.2) is 24.3 Å². The Morgan fingerprint density at radius 2 is 1.76 bits per heavy atom. The second-order valence-corrected chi connectivity index (χ2v) is 4.70. The standard InChI is InChI=1S/C13H16F3N/c14-13(15,16)12(17)8-3-9-1-4-10(5-2-9)11-6-7-11/h1-2,4-5,11-12H,3,6-8,17H2. The van der Waals surface area contributed by atoms with Gasteiger partial charge in [0.15, 0.2) is 0 Å². The maximum absolute atomic E-state index is 12.2. The Morgan fingerprint density at radius 3 is 2.24 bits per heavy atom. The van der Waals surface area contributed by atoms with Crippen molar-refractivity contribution in [3.05, 3.63) is 35.4 Å². The third-order valence-electron chi connectivity index (χ3n) is 3.19. The van der Waals surface area contributed by atoms with Gasteiger partial charge in [0.25, 0.3) is 0 Å². The normalized spacial score (nSPS) is 18.1. The Balaban J connectivity index is 1.86. The van der Waals surface area contributed by atoms with Gasteiger partial charge in [-0.25, -0.2) is 0 Å². The van der Waals surface area contributed by atoms with E-state index >= 15 is 0 Å². The fraction of sp³-hybridized carbons (Fsp3) is 0.538. The van der Waals surface area contributed by atoms with Gasteiger partial charge in [0, 0.05) is 0 Å². The number of hydrogen-bond acceptors (Lipinski definition) is 1. The second-order valence-electron chi connectivity index (χ2n) is 4.70. The van der Waals surface area contributed by atoms with E-state index in [0.29, 0.717) is 12.3 Å². The first-order valence-electron chi connectivity index (χ1n) is 5.88. The zero-order valence-corrected chi connectivity index (χ0v) is 9.50. The zero-order valence-electron chi connectivity index (χ0n) is 9.50. The van der Waals surface area contributed by atoms with Crippen LogP contribution in [0, 0.1) is 0 Å². The Labute approximate surface area is 98.8 Å². The van der Waals surface area contributed by atoms with Gasteiger partial charge in [0.2, 0.25) is 0 Å². The number of halogens is 3. The lowest BCUT2D eigenvalue weighted by atomic mass is 10.0. The quantitative estimate of drug-likeness (QED) is 0.861. The van der Waals surface area contributed by atoms with Crippen LogP contribution in [0.1, 0.15) is 36.3 Å².